The Morgan fingerprint density at radius 2 is 1.82 bits per heavy atom. The minimum atomic E-state index is -0.176. The number of benzene rings is 1. The lowest BCUT2D eigenvalue weighted by Gasteiger charge is -2.44. The molecule has 2 heterocycles. The van der Waals surface area contributed by atoms with Crippen LogP contribution in [0.5, 0.6) is 0 Å². The second kappa shape index (κ2) is 10.0. The molecule has 1 saturated heterocycles. The number of hydrogen-bond acceptors (Lipinski definition) is 4. The van der Waals surface area contributed by atoms with Gasteiger partial charge in [-0.1, -0.05) is 15.9 Å². The number of aromatic nitrogens is 1. The van der Waals surface area contributed by atoms with Crippen LogP contribution >= 0.6 is 15.9 Å². The van der Waals surface area contributed by atoms with Gasteiger partial charge in [0.15, 0.2) is 0 Å². The maximum Gasteiger partial charge on any atom is 0.253 e. The van der Waals surface area contributed by atoms with Crippen LogP contribution in [-0.2, 0) is 6.54 Å². The van der Waals surface area contributed by atoms with E-state index in [1.165, 1.54) is 0 Å². The number of anilines is 1. The molecule has 0 spiro atoms. The van der Waals surface area contributed by atoms with Crippen LogP contribution in [0.4, 0.5) is 5.69 Å². The standard InChI is InChI=1S/C26H37BrN4O2/c1-16-12-17(2)29-25(33)22(16)15-28-24(32)21-13-19(27)14-23(18(21)3)30(7)20-8-10-31(11-9-20)26(4,5)6/h12-14,20H,8-11,15H2,1-7H3,(H,28,32)(H,29,33). The number of pyridine rings is 1. The van der Waals surface area contributed by atoms with Crippen LogP contribution in [0, 0.1) is 20.8 Å². The van der Waals surface area contributed by atoms with Gasteiger partial charge in [-0.3, -0.25) is 14.5 Å². The lowest BCUT2D eigenvalue weighted by molar-refractivity contribution is 0.0949. The SMILES string of the molecule is Cc1cc(C)c(CNC(=O)c2cc(Br)cc(N(C)C3CCN(C(C)(C)C)CC3)c2C)c(=O)[nH]1. The quantitative estimate of drug-likeness (QED) is 0.604. The van der Waals surface area contributed by atoms with Crippen molar-refractivity contribution in [2.75, 3.05) is 25.0 Å². The molecule has 1 amide bonds. The summed E-state index contributed by atoms with van der Waals surface area (Å²) in [5.74, 6) is -0.176. The van der Waals surface area contributed by atoms with E-state index >= 15 is 0 Å². The number of likely N-dealkylation sites (tertiary alicyclic amines) is 1. The smallest absolute Gasteiger partial charge is 0.253 e. The average Bonchev–Trinajstić information content (AvgIpc) is 2.73. The Morgan fingerprint density at radius 1 is 1.18 bits per heavy atom. The zero-order valence-electron chi connectivity index (χ0n) is 20.9. The minimum Gasteiger partial charge on any atom is -0.371 e. The maximum absolute atomic E-state index is 13.1. The van der Waals surface area contributed by atoms with Gasteiger partial charge in [0.2, 0.25) is 0 Å². The van der Waals surface area contributed by atoms with E-state index < -0.39 is 0 Å². The van der Waals surface area contributed by atoms with Crippen LogP contribution in [0.15, 0.2) is 27.5 Å². The highest BCUT2D eigenvalue weighted by Crippen LogP contribution is 2.32. The number of carbonyl (C=O) groups excluding carboxylic acids is 1. The van der Waals surface area contributed by atoms with E-state index in [9.17, 15) is 9.59 Å². The van der Waals surface area contributed by atoms with Crippen molar-refractivity contribution < 1.29 is 4.79 Å². The summed E-state index contributed by atoms with van der Waals surface area (Å²) in [6.45, 7) is 14.9. The second-order valence-electron chi connectivity index (χ2n) is 10.2. The number of amides is 1. The monoisotopic (exact) mass is 516 g/mol. The number of H-pyrrole nitrogens is 1. The molecule has 1 fully saturated rings. The molecule has 1 aromatic heterocycles. The molecule has 0 unspecified atom stereocenters. The van der Waals surface area contributed by atoms with Gasteiger partial charge in [0.1, 0.15) is 0 Å². The van der Waals surface area contributed by atoms with E-state index in [1.807, 2.05) is 32.9 Å². The van der Waals surface area contributed by atoms with Gasteiger partial charge in [0, 0.05) is 65.2 Å². The number of aryl methyl sites for hydroxylation is 2. The van der Waals surface area contributed by atoms with Crippen LogP contribution in [0.25, 0.3) is 0 Å². The first-order valence-corrected chi connectivity index (χ1v) is 12.4. The minimum absolute atomic E-state index is 0.152. The molecule has 2 N–H and O–H groups in total. The molecule has 0 aliphatic carbocycles. The maximum atomic E-state index is 13.1. The molecule has 0 radical (unpaired) electrons. The molecule has 1 aliphatic rings. The van der Waals surface area contributed by atoms with Crippen molar-refractivity contribution in [3.05, 3.63) is 61.0 Å². The molecule has 1 aliphatic heterocycles. The molecule has 33 heavy (non-hydrogen) atoms. The third-order valence-electron chi connectivity index (χ3n) is 6.85. The van der Waals surface area contributed by atoms with Crippen molar-refractivity contribution in [3.8, 4) is 0 Å². The van der Waals surface area contributed by atoms with Gasteiger partial charge in [-0.2, -0.15) is 0 Å². The fraction of sp³-hybridized carbons (Fsp3) is 0.538. The van der Waals surface area contributed by atoms with Crippen LogP contribution in [-0.4, -0.2) is 47.5 Å². The Kier molecular flexibility index (Phi) is 7.74. The van der Waals surface area contributed by atoms with E-state index in [1.54, 1.807) is 0 Å². The van der Waals surface area contributed by atoms with E-state index in [-0.39, 0.29) is 23.6 Å². The number of aromatic amines is 1. The first-order valence-electron chi connectivity index (χ1n) is 11.6. The molecule has 6 nitrogen and oxygen atoms in total. The largest absolute Gasteiger partial charge is 0.371 e. The summed E-state index contributed by atoms with van der Waals surface area (Å²) in [7, 11) is 2.13. The summed E-state index contributed by atoms with van der Waals surface area (Å²) in [4.78, 5) is 33.1. The van der Waals surface area contributed by atoms with Crippen molar-refractivity contribution >= 4 is 27.5 Å². The summed E-state index contributed by atoms with van der Waals surface area (Å²) in [5, 5.41) is 2.95. The van der Waals surface area contributed by atoms with Gasteiger partial charge in [-0.05, 0) is 83.7 Å². The third kappa shape index (κ3) is 5.87. The van der Waals surface area contributed by atoms with Gasteiger partial charge >= 0.3 is 0 Å². The lowest BCUT2D eigenvalue weighted by Crippen LogP contribution is -2.50. The number of halogens is 1. The number of nitrogens with zero attached hydrogens (tertiary/aromatic N) is 2. The molecule has 2 aromatic rings. The van der Waals surface area contributed by atoms with Gasteiger partial charge < -0.3 is 15.2 Å². The summed E-state index contributed by atoms with van der Waals surface area (Å²) in [6.07, 6.45) is 2.19. The normalized spacial score (nSPS) is 15.5. The molecule has 7 heteroatoms. The summed E-state index contributed by atoms with van der Waals surface area (Å²) >= 11 is 3.60. The van der Waals surface area contributed by atoms with Crippen LogP contribution in [0.1, 0.15) is 66.4 Å². The van der Waals surface area contributed by atoms with Gasteiger partial charge in [0.25, 0.3) is 11.5 Å². The second-order valence-corrected chi connectivity index (χ2v) is 11.1. The third-order valence-corrected chi connectivity index (χ3v) is 7.31. The molecule has 0 saturated carbocycles. The first kappa shape index (κ1) is 25.5. The first-order chi connectivity index (χ1) is 15.4. The zero-order valence-corrected chi connectivity index (χ0v) is 22.5. The number of hydrogen-bond donors (Lipinski definition) is 2. The lowest BCUT2D eigenvalue weighted by atomic mass is 9.96. The van der Waals surface area contributed by atoms with Gasteiger partial charge in [-0.15, -0.1) is 0 Å². The highest BCUT2D eigenvalue weighted by Gasteiger charge is 2.29. The zero-order chi connectivity index (χ0) is 24.5. The Labute approximate surface area is 205 Å². The Balaban J connectivity index is 1.77. The van der Waals surface area contributed by atoms with Crippen LogP contribution < -0.4 is 15.8 Å². The number of rotatable bonds is 5. The van der Waals surface area contributed by atoms with Crippen molar-refractivity contribution in [1.82, 2.24) is 15.2 Å². The molecule has 0 bridgehead atoms. The average molecular weight is 518 g/mol. The highest BCUT2D eigenvalue weighted by atomic mass is 79.9. The number of piperidine rings is 1. The predicted molar refractivity (Wildman–Crippen MR) is 139 cm³/mol. The van der Waals surface area contributed by atoms with Crippen molar-refractivity contribution in [2.45, 2.75) is 72.5 Å². The molecular weight excluding hydrogens is 480 g/mol. The van der Waals surface area contributed by atoms with E-state index in [0.717, 1.165) is 52.9 Å². The molecule has 180 valence electrons. The highest BCUT2D eigenvalue weighted by molar-refractivity contribution is 9.10. The van der Waals surface area contributed by atoms with Crippen molar-refractivity contribution in [2.24, 2.45) is 0 Å². The van der Waals surface area contributed by atoms with Crippen LogP contribution in [0.3, 0.4) is 0 Å². The van der Waals surface area contributed by atoms with Gasteiger partial charge in [0.05, 0.1) is 0 Å². The van der Waals surface area contributed by atoms with E-state index in [4.69, 9.17) is 0 Å². The fourth-order valence-electron chi connectivity index (χ4n) is 4.75. The summed E-state index contributed by atoms with van der Waals surface area (Å²) in [6, 6.07) is 6.31. The fourth-order valence-corrected chi connectivity index (χ4v) is 5.20. The van der Waals surface area contributed by atoms with Gasteiger partial charge in [-0.25, -0.2) is 0 Å². The summed E-state index contributed by atoms with van der Waals surface area (Å²) in [5.41, 5.74) is 4.96. The number of carbonyl (C=O) groups is 1. The molecular formula is C26H37BrN4O2. The predicted octanol–water partition coefficient (Wildman–Crippen LogP) is 4.69. The van der Waals surface area contributed by atoms with Crippen LogP contribution in [0.2, 0.25) is 0 Å². The number of nitrogens with one attached hydrogen (secondary N) is 2. The molecule has 1 aromatic carbocycles. The van der Waals surface area contributed by atoms with E-state index in [0.29, 0.717) is 17.2 Å². The van der Waals surface area contributed by atoms with Crippen molar-refractivity contribution in [3.63, 3.8) is 0 Å². The Bertz CT molecular complexity index is 1080. The van der Waals surface area contributed by atoms with E-state index in [2.05, 4.69) is 69.9 Å². The Morgan fingerprint density at radius 3 is 2.39 bits per heavy atom. The summed E-state index contributed by atoms with van der Waals surface area (Å²) < 4.78 is 0.872. The topological polar surface area (TPSA) is 68.4 Å². The Hall–Kier alpha value is -2.12. The molecule has 0 atom stereocenters. The van der Waals surface area contributed by atoms with Crippen molar-refractivity contribution in [1.29, 1.82) is 0 Å². The molecule has 3 rings (SSSR count).